The van der Waals surface area contributed by atoms with Crippen LogP contribution in [0.15, 0.2) is 28.8 Å². The molecule has 3 rings (SSSR count). The van der Waals surface area contributed by atoms with E-state index < -0.39 is 0 Å². The smallest absolute Gasteiger partial charge is 0.257 e. The van der Waals surface area contributed by atoms with Crippen molar-refractivity contribution in [1.29, 1.82) is 0 Å². The number of nitrogens with two attached hydrogens (primary N) is 1. The lowest BCUT2D eigenvalue weighted by atomic mass is 10.2. The molecule has 0 spiro atoms. The first-order chi connectivity index (χ1) is 9.20. The lowest BCUT2D eigenvalue weighted by Gasteiger charge is -2.11. The van der Waals surface area contributed by atoms with E-state index in [9.17, 15) is 0 Å². The van der Waals surface area contributed by atoms with Crippen molar-refractivity contribution in [3.05, 3.63) is 35.1 Å². The summed E-state index contributed by atoms with van der Waals surface area (Å²) in [6, 6.07) is 7.61. The maximum Gasteiger partial charge on any atom is 0.257 e. The number of likely N-dealkylation sites (tertiary alicyclic amines) is 1. The molecule has 1 aliphatic heterocycles. The van der Waals surface area contributed by atoms with Gasteiger partial charge in [-0.3, -0.25) is 4.90 Å². The predicted octanol–water partition coefficient (Wildman–Crippen LogP) is 1.92. The number of hydrogen-bond acceptors (Lipinski definition) is 5. The van der Waals surface area contributed by atoms with Crippen LogP contribution in [0.2, 0.25) is 5.02 Å². The van der Waals surface area contributed by atoms with Crippen LogP contribution < -0.4 is 5.73 Å². The molecule has 0 saturated carbocycles. The predicted molar refractivity (Wildman–Crippen MR) is 72.6 cm³/mol. The molecule has 5 nitrogen and oxygen atoms in total. The van der Waals surface area contributed by atoms with E-state index in [1.165, 1.54) is 0 Å². The molecule has 1 aromatic heterocycles. The molecule has 100 valence electrons. The van der Waals surface area contributed by atoms with Gasteiger partial charge in [0.05, 0.1) is 6.54 Å². The SMILES string of the molecule is N[C@H]1CCN(Cc2noc(-c3ccc(Cl)cc3)n2)C1. The standard InChI is InChI=1S/C13H15ClN4O/c14-10-3-1-9(2-4-10)13-16-12(17-19-13)8-18-6-5-11(15)7-18/h1-4,11H,5-8,15H2/t11-/m0/s1. The molecule has 1 fully saturated rings. The van der Waals surface area contributed by atoms with E-state index in [1.54, 1.807) is 12.1 Å². The molecule has 2 heterocycles. The summed E-state index contributed by atoms with van der Waals surface area (Å²) in [5, 5.41) is 4.69. The van der Waals surface area contributed by atoms with Gasteiger partial charge in [0.25, 0.3) is 5.89 Å². The zero-order chi connectivity index (χ0) is 13.2. The summed E-state index contributed by atoms with van der Waals surface area (Å²) in [5.74, 6) is 1.22. The van der Waals surface area contributed by atoms with Gasteiger partial charge in [0.2, 0.25) is 0 Å². The van der Waals surface area contributed by atoms with E-state index >= 15 is 0 Å². The van der Waals surface area contributed by atoms with Gasteiger partial charge in [0.1, 0.15) is 0 Å². The highest BCUT2D eigenvalue weighted by Crippen LogP contribution is 2.20. The fourth-order valence-corrected chi connectivity index (χ4v) is 2.36. The van der Waals surface area contributed by atoms with E-state index in [-0.39, 0.29) is 6.04 Å². The Hall–Kier alpha value is -1.43. The number of aromatic nitrogens is 2. The highest BCUT2D eigenvalue weighted by atomic mass is 35.5. The summed E-state index contributed by atoms with van der Waals surface area (Å²) in [5.41, 5.74) is 6.75. The second kappa shape index (κ2) is 5.28. The van der Waals surface area contributed by atoms with Crippen molar-refractivity contribution in [2.45, 2.75) is 19.0 Å². The van der Waals surface area contributed by atoms with Crippen LogP contribution in [0.5, 0.6) is 0 Å². The van der Waals surface area contributed by atoms with Crippen molar-refractivity contribution < 1.29 is 4.52 Å². The van der Waals surface area contributed by atoms with Gasteiger partial charge in [-0.05, 0) is 30.7 Å². The summed E-state index contributed by atoms with van der Waals surface area (Å²) in [4.78, 5) is 6.63. The summed E-state index contributed by atoms with van der Waals surface area (Å²) < 4.78 is 5.27. The van der Waals surface area contributed by atoms with Crippen molar-refractivity contribution in [3.63, 3.8) is 0 Å². The van der Waals surface area contributed by atoms with Gasteiger partial charge in [-0.2, -0.15) is 4.98 Å². The lowest BCUT2D eigenvalue weighted by molar-refractivity contribution is 0.309. The molecule has 0 unspecified atom stereocenters. The number of nitrogens with zero attached hydrogens (tertiary/aromatic N) is 3. The van der Waals surface area contributed by atoms with E-state index in [0.29, 0.717) is 23.3 Å². The zero-order valence-electron chi connectivity index (χ0n) is 10.4. The number of halogens is 1. The maximum absolute atomic E-state index is 5.87. The Morgan fingerprint density at radius 1 is 1.37 bits per heavy atom. The van der Waals surface area contributed by atoms with Crippen LogP contribution in [-0.2, 0) is 6.54 Å². The molecule has 6 heteroatoms. The fraction of sp³-hybridized carbons (Fsp3) is 0.385. The number of rotatable bonds is 3. The topological polar surface area (TPSA) is 68.2 Å². The Labute approximate surface area is 116 Å². The second-order valence-corrected chi connectivity index (χ2v) is 5.24. The molecule has 1 aliphatic rings. The summed E-state index contributed by atoms with van der Waals surface area (Å²) in [7, 11) is 0. The van der Waals surface area contributed by atoms with Crippen molar-refractivity contribution >= 4 is 11.6 Å². The molecule has 0 radical (unpaired) electrons. The molecule has 2 aromatic rings. The summed E-state index contributed by atoms with van der Waals surface area (Å²) in [6.45, 7) is 2.57. The average molecular weight is 279 g/mol. The third-order valence-corrected chi connectivity index (χ3v) is 3.49. The molecular weight excluding hydrogens is 264 g/mol. The molecule has 0 amide bonds. The van der Waals surface area contributed by atoms with Crippen LogP contribution in [0.4, 0.5) is 0 Å². The van der Waals surface area contributed by atoms with Crippen LogP contribution in [0, 0.1) is 0 Å². The molecule has 1 atom stereocenters. The van der Waals surface area contributed by atoms with E-state index in [2.05, 4.69) is 15.0 Å². The van der Waals surface area contributed by atoms with Gasteiger partial charge < -0.3 is 10.3 Å². The first-order valence-corrected chi connectivity index (χ1v) is 6.65. The zero-order valence-corrected chi connectivity index (χ0v) is 11.2. The first-order valence-electron chi connectivity index (χ1n) is 6.27. The summed E-state index contributed by atoms with van der Waals surface area (Å²) >= 11 is 5.85. The fourth-order valence-electron chi connectivity index (χ4n) is 2.23. The van der Waals surface area contributed by atoms with Crippen molar-refractivity contribution in [3.8, 4) is 11.5 Å². The Bertz CT molecular complexity index is 554. The van der Waals surface area contributed by atoms with Crippen LogP contribution in [0.25, 0.3) is 11.5 Å². The molecule has 2 N–H and O–H groups in total. The van der Waals surface area contributed by atoms with Gasteiger partial charge in [-0.1, -0.05) is 16.8 Å². The Morgan fingerprint density at radius 2 is 2.16 bits per heavy atom. The minimum Gasteiger partial charge on any atom is -0.334 e. The van der Waals surface area contributed by atoms with E-state index in [4.69, 9.17) is 21.9 Å². The quantitative estimate of drug-likeness (QED) is 0.929. The number of hydrogen-bond donors (Lipinski definition) is 1. The van der Waals surface area contributed by atoms with Gasteiger partial charge in [-0.25, -0.2) is 0 Å². The van der Waals surface area contributed by atoms with Crippen LogP contribution in [-0.4, -0.2) is 34.2 Å². The van der Waals surface area contributed by atoms with Gasteiger partial charge >= 0.3 is 0 Å². The van der Waals surface area contributed by atoms with Crippen LogP contribution >= 0.6 is 11.6 Å². The number of benzene rings is 1. The molecule has 1 saturated heterocycles. The molecule has 0 aliphatic carbocycles. The third-order valence-electron chi connectivity index (χ3n) is 3.23. The first kappa shape index (κ1) is 12.6. The van der Waals surface area contributed by atoms with Gasteiger partial charge in [0, 0.05) is 29.7 Å². The van der Waals surface area contributed by atoms with Crippen LogP contribution in [0.3, 0.4) is 0 Å². The minimum absolute atomic E-state index is 0.266. The molecular formula is C13H15ClN4O. The highest BCUT2D eigenvalue weighted by Gasteiger charge is 2.21. The van der Waals surface area contributed by atoms with Crippen molar-refractivity contribution in [1.82, 2.24) is 15.0 Å². The minimum atomic E-state index is 0.266. The van der Waals surface area contributed by atoms with Crippen LogP contribution in [0.1, 0.15) is 12.2 Å². The highest BCUT2D eigenvalue weighted by molar-refractivity contribution is 6.30. The Kier molecular flexibility index (Phi) is 3.50. The molecule has 19 heavy (non-hydrogen) atoms. The average Bonchev–Trinajstić information content (AvgIpc) is 3.00. The second-order valence-electron chi connectivity index (χ2n) is 4.81. The lowest BCUT2D eigenvalue weighted by Crippen LogP contribution is -2.26. The normalized spacial score (nSPS) is 20.0. The van der Waals surface area contributed by atoms with E-state index in [1.807, 2.05) is 12.1 Å². The van der Waals surface area contributed by atoms with Crippen molar-refractivity contribution in [2.24, 2.45) is 5.73 Å². The monoisotopic (exact) mass is 278 g/mol. The third kappa shape index (κ3) is 2.94. The Balaban J connectivity index is 1.71. The summed E-state index contributed by atoms with van der Waals surface area (Å²) in [6.07, 6.45) is 1.03. The molecule has 0 bridgehead atoms. The maximum atomic E-state index is 5.87. The van der Waals surface area contributed by atoms with Crippen molar-refractivity contribution in [2.75, 3.05) is 13.1 Å². The van der Waals surface area contributed by atoms with Gasteiger partial charge in [-0.15, -0.1) is 0 Å². The Morgan fingerprint density at radius 3 is 2.84 bits per heavy atom. The largest absolute Gasteiger partial charge is 0.334 e. The molecule has 1 aromatic carbocycles. The van der Waals surface area contributed by atoms with Gasteiger partial charge in [0.15, 0.2) is 5.82 Å². The van der Waals surface area contributed by atoms with E-state index in [0.717, 1.165) is 25.1 Å².